The zero-order valence-electron chi connectivity index (χ0n) is 8.58. The van der Waals surface area contributed by atoms with Gasteiger partial charge in [0.15, 0.2) is 0 Å². The van der Waals surface area contributed by atoms with Crippen LogP contribution in [0.25, 0.3) is 0 Å². The van der Waals surface area contributed by atoms with Crippen LogP contribution in [-0.2, 0) is 4.79 Å². The molecule has 1 N–H and O–H groups in total. The van der Waals surface area contributed by atoms with Crippen molar-refractivity contribution in [3.63, 3.8) is 0 Å². The average molecular weight is 189 g/mol. The Kier molecular flexibility index (Phi) is 2.28. The second kappa shape index (κ2) is 3.45. The Hall–Kier alpha value is -1.31. The lowest BCUT2D eigenvalue weighted by Crippen LogP contribution is -2.51. The normalized spacial score (nSPS) is 25.4. The van der Waals surface area contributed by atoms with E-state index in [-0.39, 0.29) is 17.9 Å². The van der Waals surface area contributed by atoms with E-state index in [0.29, 0.717) is 0 Å². The summed E-state index contributed by atoms with van der Waals surface area (Å²) in [5.41, 5.74) is 2.48. The monoisotopic (exact) mass is 189 g/mol. The molecule has 0 aliphatic carbocycles. The van der Waals surface area contributed by atoms with Gasteiger partial charge in [-0.05, 0) is 18.9 Å². The molecule has 2 heteroatoms. The molecule has 1 heterocycles. The van der Waals surface area contributed by atoms with Crippen molar-refractivity contribution in [1.29, 1.82) is 0 Å². The van der Waals surface area contributed by atoms with Crippen molar-refractivity contribution in [2.24, 2.45) is 5.92 Å². The molecule has 1 fully saturated rings. The van der Waals surface area contributed by atoms with Gasteiger partial charge in [0, 0.05) is 0 Å². The number of nitrogens with one attached hydrogen (secondary N) is 1. The highest BCUT2D eigenvalue weighted by atomic mass is 16.2. The molecule has 0 saturated carbocycles. The first-order chi connectivity index (χ1) is 6.72. The summed E-state index contributed by atoms with van der Waals surface area (Å²) in [6.07, 6.45) is 0.921. The van der Waals surface area contributed by atoms with Crippen molar-refractivity contribution in [2.45, 2.75) is 26.3 Å². The molecule has 1 aromatic carbocycles. The molecule has 1 aromatic rings. The van der Waals surface area contributed by atoms with Crippen molar-refractivity contribution in [1.82, 2.24) is 5.32 Å². The fraction of sp³-hybridized carbons (Fsp3) is 0.417. The summed E-state index contributed by atoms with van der Waals surface area (Å²) in [6, 6.07) is 8.62. The molecule has 1 amide bonds. The van der Waals surface area contributed by atoms with Crippen LogP contribution in [0.5, 0.6) is 0 Å². The molecule has 0 radical (unpaired) electrons. The van der Waals surface area contributed by atoms with E-state index in [1.165, 1.54) is 11.1 Å². The van der Waals surface area contributed by atoms with Gasteiger partial charge in [0.05, 0.1) is 12.0 Å². The molecule has 14 heavy (non-hydrogen) atoms. The predicted octanol–water partition coefficient (Wildman–Crippen LogP) is 2.19. The smallest absolute Gasteiger partial charge is 0.226 e. The molecule has 1 aliphatic heterocycles. The molecule has 2 nitrogen and oxygen atoms in total. The van der Waals surface area contributed by atoms with E-state index in [1.54, 1.807) is 0 Å². The van der Waals surface area contributed by atoms with Gasteiger partial charge in [0.2, 0.25) is 5.91 Å². The first kappa shape index (κ1) is 9.25. The largest absolute Gasteiger partial charge is 0.348 e. The van der Waals surface area contributed by atoms with Gasteiger partial charge in [-0.3, -0.25) is 4.79 Å². The maximum Gasteiger partial charge on any atom is 0.226 e. The zero-order valence-corrected chi connectivity index (χ0v) is 8.58. The van der Waals surface area contributed by atoms with Crippen molar-refractivity contribution >= 4 is 5.91 Å². The van der Waals surface area contributed by atoms with Gasteiger partial charge in [-0.1, -0.05) is 36.8 Å². The zero-order chi connectivity index (χ0) is 10.1. The molecular weight excluding hydrogens is 174 g/mol. The quantitative estimate of drug-likeness (QED) is 0.710. The number of amides is 1. The van der Waals surface area contributed by atoms with E-state index in [4.69, 9.17) is 0 Å². The predicted molar refractivity (Wildman–Crippen MR) is 55.8 cm³/mol. The summed E-state index contributed by atoms with van der Waals surface area (Å²) < 4.78 is 0. The fourth-order valence-corrected chi connectivity index (χ4v) is 1.93. The van der Waals surface area contributed by atoms with Gasteiger partial charge in [0.1, 0.15) is 0 Å². The van der Waals surface area contributed by atoms with Crippen LogP contribution in [0.2, 0.25) is 0 Å². The van der Waals surface area contributed by atoms with Crippen LogP contribution in [0.1, 0.15) is 30.5 Å². The molecule has 1 aliphatic rings. The molecule has 74 valence electrons. The number of rotatable bonds is 2. The standard InChI is InChI=1S/C12H15NO/c1-3-10-11(13-12(10)14)9-6-4-8(2)5-7-9/h4-7,10-11H,3H2,1-2H3,(H,13,14)/t10-,11+/m1/s1. The fourth-order valence-electron chi connectivity index (χ4n) is 1.93. The number of carbonyl (C=O) groups is 1. The summed E-state index contributed by atoms with van der Waals surface area (Å²) in [7, 11) is 0. The van der Waals surface area contributed by atoms with Crippen molar-refractivity contribution < 1.29 is 4.79 Å². The van der Waals surface area contributed by atoms with E-state index in [9.17, 15) is 4.79 Å². The highest BCUT2D eigenvalue weighted by Crippen LogP contribution is 2.32. The van der Waals surface area contributed by atoms with E-state index in [0.717, 1.165) is 6.42 Å². The Morgan fingerprint density at radius 1 is 1.29 bits per heavy atom. The minimum absolute atomic E-state index is 0.178. The number of β-lactam (4-membered cyclic amide) rings is 1. The number of hydrogen-bond acceptors (Lipinski definition) is 1. The summed E-state index contributed by atoms with van der Waals surface area (Å²) in [6.45, 7) is 4.13. The van der Waals surface area contributed by atoms with Gasteiger partial charge in [0.25, 0.3) is 0 Å². The lowest BCUT2D eigenvalue weighted by atomic mass is 9.83. The molecule has 0 bridgehead atoms. The lowest BCUT2D eigenvalue weighted by Gasteiger charge is -2.36. The second-order valence-electron chi connectivity index (χ2n) is 3.91. The highest BCUT2D eigenvalue weighted by Gasteiger charge is 2.38. The maximum atomic E-state index is 11.2. The third-order valence-electron chi connectivity index (χ3n) is 2.91. The molecule has 0 spiro atoms. The highest BCUT2D eigenvalue weighted by molar-refractivity contribution is 5.86. The summed E-state index contributed by atoms with van der Waals surface area (Å²) >= 11 is 0. The van der Waals surface area contributed by atoms with E-state index >= 15 is 0 Å². The van der Waals surface area contributed by atoms with Gasteiger partial charge < -0.3 is 5.32 Å². The molecule has 0 aromatic heterocycles. The molecule has 1 saturated heterocycles. The summed E-state index contributed by atoms with van der Waals surface area (Å²) in [4.78, 5) is 11.2. The SMILES string of the molecule is CC[C@H]1C(=O)N[C@H]1c1ccc(C)cc1. The van der Waals surface area contributed by atoms with Crippen LogP contribution in [0.4, 0.5) is 0 Å². The molecular formula is C12H15NO. The maximum absolute atomic E-state index is 11.2. The molecule has 2 atom stereocenters. The van der Waals surface area contributed by atoms with E-state index < -0.39 is 0 Å². The van der Waals surface area contributed by atoms with E-state index in [1.807, 2.05) is 0 Å². The van der Waals surface area contributed by atoms with Crippen molar-refractivity contribution in [3.8, 4) is 0 Å². The topological polar surface area (TPSA) is 29.1 Å². The van der Waals surface area contributed by atoms with Crippen LogP contribution < -0.4 is 5.32 Å². The van der Waals surface area contributed by atoms with Crippen LogP contribution in [0.15, 0.2) is 24.3 Å². The third kappa shape index (κ3) is 1.41. The minimum atomic E-state index is 0.178. The van der Waals surface area contributed by atoms with Gasteiger partial charge in [-0.25, -0.2) is 0 Å². The second-order valence-corrected chi connectivity index (χ2v) is 3.91. The van der Waals surface area contributed by atoms with Gasteiger partial charge in [-0.15, -0.1) is 0 Å². The first-order valence-electron chi connectivity index (χ1n) is 5.09. The lowest BCUT2D eigenvalue weighted by molar-refractivity contribution is -0.135. The number of benzene rings is 1. The van der Waals surface area contributed by atoms with Crippen LogP contribution in [0, 0.1) is 12.8 Å². The Morgan fingerprint density at radius 2 is 1.93 bits per heavy atom. The van der Waals surface area contributed by atoms with Gasteiger partial charge in [-0.2, -0.15) is 0 Å². The summed E-state index contributed by atoms with van der Waals surface area (Å²) in [5.74, 6) is 0.371. The van der Waals surface area contributed by atoms with Crippen LogP contribution in [-0.4, -0.2) is 5.91 Å². The van der Waals surface area contributed by atoms with Crippen LogP contribution in [0.3, 0.4) is 0 Å². The molecule has 2 rings (SSSR count). The van der Waals surface area contributed by atoms with E-state index in [2.05, 4.69) is 43.4 Å². The average Bonchev–Trinajstić information content (AvgIpc) is 2.16. The minimum Gasteiger partial charge on any atom is -0.348 e. The first-order valence-corrected chi connectivity index (χ1v) is 5.09. The van der Waals surface area contributed by atoms with Crippen molar-refractivity contribution in [2.75, 3.05) is 0 Å². The molecule has 0 unspecified atom stereocenters. The number of aryl methyl sites for hydroxylation is 1. The number of hydrogen-bond donors (Lipinski definition) is 1. The Bertz CT molecular complexity index is 342. The Labute approximate surface area is 84.3 Å². The summed E-state index contributed by atoms with van der Waals surface area (Å²) in [5, 5.41) is 2.94. The Morgan fingerprint density at radius 3 is 2.43 bits per heavy atom. The number of carbonyl (C=O) groups excluding carboxylic acids is 1. The Balaban J connectivity index is 2.17. The van der Waals surface area contributed by atoms with Crippen molar-refractivity contribution in [3.05, 3.63) is 35.4 Å². The van der Waals surface area contributed by atoms with Gasteiger partial charge >= 0.3 is 0 Å². The van der Waals surface area contributed by atoms with Crippen LogP contribution >= 0.6 is 0 Å². The third-order valence-corrected chi connectivity index (χ3v) is 2.91.